The van der Waals surface area contributed by atoms with Crippen molar-refractivity contribution in [3.63, 3.8) is 0 Å². The van der Waals surface area contributed by atoms with Crippen LogP contribution in [0.3, 0.4) is 0 Å². The van der Waals surface area contributed by atoms with E-state index in [0.29, 0.717) is 16.5 Å². The van der Waals surface area contributed by atoms with Gasteiger partial charge in [0.15, 0.2) is 0 Å². The first-order chi connectivity index (χ1) is 12.5. The molecule has 3 aromatic rings. The normalized spacial score (nSPS) is 11.2. The molecule has 0 aliphatic rings. The minimum atomic E-state index is -2.97. The molecule has 8 heteroatoms. The fourth-order valence-electron chi connectivity index (χ4n) is 2.29. The molecule has 1 amide bonds. The Morgan fingerprint density at radius 3 is 2.69 bits per heavy atom. The lowest BCUT2D eigenvalue weighted by molar-refractivity contribution is -0.112. The van der Waals surface area contributed by atoms with E-state index in [-0.39, 0.29) is 5.75 Å². The Morgan fingerprint density at radius 2 is 1.88 bits per heavy atom. The molecule has 0 saturated carbocycles. The summed E-state index contributed by atoms with van der Waals surface area (Å²) in [4.78, 5) is 28.4. The van der Waals surface area contributed by atoms with Gasteiger partial charge in [-0.15, -0.1) is 0 Å². The monoisotopic (exact) mass is 357 g/mol. The third-order valence-electron chi connectivity index (χ3n) is 3.45. The fraction of sp³-hybridized carbons (Fsp3) is 0.0556. The predicted molar refractivity (Wildman–Crippen MR) is 92.5 cm³/mol. The molecule has 1 aromatic heterocycles. The van der Waals surface area contributed by atoms with Gasteiger partial charge in [-0.25, -0.2) is 9.66 Å². The fourth-order valence-corrected chi connectivity index (χ4v) is 2.29. The van der Waals surface area contributed by atoms with Crippen LogP contribution in [0.25, 0.3) is 17.0 Å². The number of alkyl halides is 2. The van der Waals surface area contributed by atoms with Crippen LogP contribution in [0, 0.1) is 0 Å². The quantitative estimate of drug-likeness (QED) is 0.713. The number of carbonyl (C=O) groups is 1. The van der Waals surface area contributed by atoms with Crippen molar-refractivity contribution in [2.24, 2.45) is 0 Å². The second kappa shape index (κ2) is 7.56. The smallest absolute Gasteiger partial charge is 0.387 e. The lowest BCUT2D eigenvalue weighted by atomic mass is 10.2. The van der Waals surface area contributed by atoms with E-state index in [4.69, 9.17) is 0 Å². The van der Waals surface area contributed by atoms with Crippen molar-refractivity contribution in [2.75, 3.05) is 5.43 Å². The zero-order valence-electron chi connectivity index (χ0n) is 13.3. The number of ether oxygens (including phenoxy) is 1. The zero-order chi connectivity index (χ0) is 18.5. The summed E-state index contributed by atoms with van der Waals surface area (Å²) in [5.41, 5.74) is 2.74. The maximum atomic E-state index is 12.4. The largest absolute Gasteiger partial charge is 0.434 e. The number of para-hydroxylation sites is 2. The Kier molecular flexibility index (Phi) is 5.02. The third kappa shape index (κ3) is 3.92. The van der Waals surface area contributed by atoms with Crippen molar-refractivity contribution in [1.29, 1.82) is 0 Å². The van der Waals surface area contributed by atoms with Gasteiger partial charge in [0.1, 0.15) is 12.1 Å². The summed E-state index contributed by atoms with van der Waals surface area (Å²) in [7, 11) is 0. The van der Waals surface area contributed by atoms with Crippen LogP contribution in [0.4, 0.5) is 8.78 Å². The van der Waals surface area contributed by atoms with Gasteiger partial charge >= 0.3 is 6.61 Å². The van der Waals surface area contributed by atoms with Gasteiger partial charge in [0.2, 0.25) is 0 Å². The molecule has 0 spiro atoms. The molecule has 26 heavy (non-hydrogen) atoms. The van der Waals surface area contributed by atoms with Crippen molar-refractivity contribution < 1.29 is 18.3 Å². The van der Waals surface area contributed by atoms with E-state index < -0.39 is 18.1 Å². The summed E-state index contributed by atoms with van der Waals surface area (Å²) in [5.74, 6) is -0.688. The van der Waals surface area contributed by atoms with Crippen molar-refractivity contribution in [3.8, 4) is 5.75 Å². The SMILES string of the molecule is O=C(/C=C/c1ccccc1OC(F)F)Nn1cnc2ccccc2c1=O. The number of fused-ring (bicyclic) bond motifs is 1. The van der Waals surface area contributed by atoms with Crippen molar-refractivity contribution in [3.05, 3.63) is 76.9 Å². The molecule has 0 atom stereocenters. The van der Waals surface area contributed by atoms with E-state index in [9.17, 15) is 18.4 Å². The molecule has 3 rings (SSSR count). The van der Waals surface area contributed by atoms with Gasteiger partial charge in [0, 0.05) is 11.6 Å². The molecule has 1 N–H and O–H groups in total. The molecule has 0 aliphatic heterocycles. The topological polar surface area (TPSA) is 73.2 Å². The van der Waals surface area contributed by atoms with E-state index in [0.717, 1.165) is 10.8 Å². The highest BCUT2D eigenvalue weighted by Gasteiger charge is 2.08. The molecule has 0 aliphatic carbocycles. The van der Waals surface area contributed by atoms with Crippen LogP contribution in [-0.4, -0.2) is 22.2 Å². The van der Waals surface area contributed by atoms with Crippen molar-refractivity contribution in [2.45, 2.75) is 6.61 Å². The predicted octanol–water partition coefficient (Wildman–Crippen LogP) is 2.78. The molecular weight excluding hydrogens is 344 g/mol. The molecule has 132 valence electrons. The molecule has 1 heterocycles. The molecule has 0 radical (unpaired) electrons. The molecule has 2 aromatic carbocycles. The summed E-state index contributed by atoms with van der Waals surface area (Å²) < 4.78 is 30.1. The van der Waals surface area contributed by atoms with E-state index in [1.165, 1.54) is 30.6 Å². The van der Waals surface area contributed by atoms with E-state index in [1.54, 1.807) is 30.3 Å². The van der Waals surface area contributed by atoms with Crippen LogP contribution < -0.4 is 15.7 Å². The Hall–Kier alpha value is -3.55. The van der Waals surface area contributed by atoms with Crippen molar-refractivity contribution in [1.82, 2.24) is 9.66 Å². The summed E-state index contributed by atoms with van der Waals surface area (Å²) in [6, 6.07) is 12.8. The average molecular weight is 357 g/mol. The number of amides is 1. The van der Waals surface area contributed by atoms with Gasteiger partial charge in [0.25, 0.3) is 11.5 Å². The molecular formula is C18H13F2N3O3. The Morgan fingerprint density at radius 1 is 1.15 bits per heavy atom. The maximum absolute atomic E-state index is 12.4. The number of nitrogens with one attached hydrogen (secondary N) is 1. The molecule has 0 bridgehead atoms. The van der Waals surface area contributed by atoms with Gasteiger partial charge in [-0.2, -0.15) is 8.78 Å². The first kappa shape index (κ1) is 17.3. The Bertz CT molecular complexity index is 1030. The van der Waals surface area contributed by atoms with Crippen LogP contribution in [0.2, 0.25) is 0 Å². The van der Waals surface area contributed by atoms with E-state index >= 15 is 0 Å². The van der Waals surface area contributed by atoms with Crippen LogP contribution in [-0.2, 0) is 4.79 Å². The standard InChI is InChI=1S/C18H13F2N3O3/c19-18(20)26-15-8-4-1-5-12(15)9-10-16(24)22-23-11-21-14-7-3-2-6-13(14)17(23)25/h1-11,18H,(H,22,24)/b10-9+. The highest BCUT2D eigenvalue weighted by atomic mass is 19.3. The number of carbonyl (C=O) groups excluding carboxylic acids is 1. The van der Waals surface area contributed by atoms with Crippen LogP contribution in [0.1, 0.15) is 5.56 Å². The number of hydrogen-bond donors (Lipinski definition) is 1. The van der Waals surface area contributed by atoms with Gasteiger partial charge in [0.05, 0.1) is 10.9 Å². The minimum absolute atomic E-state index is 0.0592. The number of aromatic nitrogens is 2. The maximum Gasteiger partial charge on any atom is 0.387 e. The lowest BCUT2D eigenvalue weighted by Gasteiger charge is -2.08. The van der Waals surface area contributed by atoms with Crippen molar-refractivity contribution >= 4 is 22.9 Å². The highest BCUT2D eigenvalue weighted by Crippen LogP contribution is 2.21. The summed E-state index contributed by atoms with van der Waals surface area (Å²) in [5, 5.41) is 0.356. The average Bonchev–Trinajstić information content (AvgIpc) is 2.63. The van der Waals surface area contributed by atoms with Crippen LogP contribution >= 0.6 is 0 Å². The molecule has 6 nitrogen and oxygen atoms in total. The molecule has 0 saturated heterocycles. The summed E-state index contributed by atoms with van der Waals surface area (Å²) in [6.45, 7) is -2.97. The number of nitrogens with zero attached hydrogens (tertiary/aromatic N) is 2. The van der Waals surface area contributed by atoms with Gasteiger partial charge < -0.3 is 4.74 Å². The van der Waals surface area contributed by atoms with E-state index in [2.05, 4.69) is 15.1 Å². The van der Waals surface area contributed by atoms with Gasteiger partial charge in [-0.1, -0.05) is 30.3 Å². The number of hydrogen-bond acceptors (Lipinski definition) is 4. The van der Waals surface area contributed by atoms with Gasteiger partial charge in [-0.3, -0.25) is 15.0 Å². The second-order valence-electron chi connectivity index (χ2n) is 5.16. The molecule has 0 unspecified atom stereocenters. The van der Waals surface area contributed by atoms with Crippen LogP contribution in [0.5, 0.6) is 5.75 Å². The number of rotatable bonds is 5. The third-order valence-corrected chi connectivity index (χ3v) is 3.45. The first-order valence-corrected chi connectivity index (χ1v) is 7.54. The highest BCUT2D eigenvalue weighted by molar-refractivity contribution is 5.97. The van der Waals surface area contributed by atoms with Crippen LogP contribution in [0.15, 0.2) is 65.7 Å². The summed E-state index contributed by atoms with van der Waals surface area (Å²) in [6.07, 6.45) is 3.62. The van der Waals surface area contributed by atoms with E-state index in [1.807, 2.05) is 0 Å². The number of halogens is 2. The Balaban J connectivity index is 1.79. The Labute approximate surface area is 146 Å². The molecule has 0 fully saturated rings. The zero-order valence-corrected chi connectivity index (χ0v) is 13.3. The van der Waals surface area contributed by atoms with Gasteiger partial charge in [-0.05, 0) is 24.3 Å². The lowest BCUT2D eigenvalue weighted by Crippen LogP contribution is -2.32. The minimum Gasteiger partial charge on any atom is -0.434 e. The number of benzene rings is 2. The summed E-state index contributed by atoms with van der Waals surface area (Å²) >= 11 is 0. The second-order valence-corrected chi connectivity index (χ2v) is 5.16. The first-order valence-electron chi connectivity index (χ1n) is 7.54.